The van der Waals surface area contributed by atoms with Gasteiger partial charge in [0.1, 0.15) is 5.69 Å². The summed E-state index contributed by atoms with van der Waals surface area (Å²) < 4.78 is 1.53. The largest absolute Gasteiger partial charge is 0.288 e. The van der Waals surface area contributed by atoms with Gasteiger partial charge in [0.2, 0.25) is 0 Å². The Morgan fingerprint density at radius 3 is 2.46 bits per heavy atom. The molecule has 0 aliphatic heterocycles. The zero-order valence-corrected chi connectivity index (χ0v) is 9.05. The molecule has 5 heteroatoms. The lowest BCUT2D eigenvalue weighted by atomic mass is 10.1. The van der Waals surface area contributed by atoms with Crippen molar-refractivity contribution in [1.29, 1.82) is 0 Å². The third-order valence-electron chi connectivity index (χ3n) is 1.78. The fourth-order valence-corrected chi connectivity index (χ4v) is 1.48. The van der Waals surface area contributed by atoms with Gasteiger partial charge in [0.25, 0.3) is 5.56 Å². The average Bonchev–Trinajstić information content (AvgIpc) is 2.09. The number of thioether (sulfide) groups is 1. The number of hydrogen-bond donors (Lipinski definition) is 0. The molecule has 0 amide bonds. The summed E-state index contributed by atoms with van der Waals surface area (Å²) in [6.07, 6.45) is 1.87. The Balaban J connectivity index is 3.32. The van der Waals surface area contributed by atoms with E-state index in [9.17, 15) is 4.79 Å². The summed E-state index contributed by atoms with van der Waals surface area (Å²) in [7, 11) is 1.72. The average molecular weight is 199 g/mol. The first kappa shape index (κ1) is 10.2. The highest BCUT2D eigenvalue weighted by atomic mass is 32.2. The Kier molecular flexibility index (Phi) is 3.08. The van der Waals surface area contributed by atoms with Crippen LogP contribution in [0.1, 0.15) is 25.5 Å². The molecule has 72 valence electrons. The fraction of sp³-hybridized carbons (Fsp3) is 0.625. The summed E-state index contributed by atoms with van der Waals surface area (Å²) in [5, 5.41) is 8.51. The van der Waals surface area contributed by atoms with E-state index >= 15 is 0 Å². The second kappa shape index (κ2) is 3.91. The van der Waals surface area contributed by atoms with Crippen molar-refractivity contribution in [3.63, 3.8) is 0 Å². The molecule has 1 aromatic rings. The Hall–Kier alpha value is -0.840. The minimum Gasteiger partial charge on any atom is -0.288 e. The standard InChI is InChI=1S/C8H13N3OS/c1-5(2)6-7(12)11(3)8(13-4)10-9-6/h5H,1-4H3. The van der Waals surface area contributed by atoms with E-state index in [0.29, 0.717) is 10.9 Å². The highest BCUT2D eigenvalue weighted by molar-refractivity contribution is 7.98. The van der Waals surface area contributed by atoms with Crippen molar-refractivity contribution >= 4 is 11.8 Å². The van der Waals surface area contributed by atoms with E-state index in [0.717, 1.165) is 0 Å². The van der Waals surface area contributed by atoms with Crippen LogP contribution in [-0.4, -0.2) is 21.0 Å². The number of rotatable bonds is 2. The summed E-state index contributed by atoms with van der Waals surface area (Å²) in [5.41, 5.74) is 0.481. The van der Waals surface area contributed by atoms with Crippen molar-refractivity contribution in [2.75, 3.05) is 6.26 Å². The molecule has 0 N–H and O–H groups in total. The molecule has 0 saturated heterocycles. The lowest BCUT2D eigenvalue weighted by Gasteiger charge is -2.07. The normalized spacial score (nSPS) is 10.8. The molecule has 4 nitrogen and oxygen atoms in total. The van der Waals surface area contributed by atoms with Crippen LogP contribution in [0.15, 0.2) is 9.95 Å². The minimum atomic E-state index is -0.0469. The van der Waals surface area contributed by atoms with E-state index in [1.807, 2.05) is 20.1 Å². The van der Waals surface area contributed by atoms with Crippen LogP contribution >= 0.6 is 11.8 Å². The first-order valence-corrected chi connectivity index (χ1v) is 5.28. The third kappa shape index (κ3) is 1.91. The molecule has 13 heavy (non-hydrogen) atoms. The lowest BCUT2D eigenvalue weighted by molar-refractivity contribution is 0.614. The molecular weight excluding hydrogens is 186 g/mol. The van der Waals surface area contributed by atoms with Gasteiger partial charge in [0, 0.05) is 13.0 Å². The maximum atomic E-state index is 11.6. The van der Waals surface area contributed by atoms with E-state index in [1.54, 1.807) is 7.05 Å². The molecule has 1 rings (SSSR count). The molecule has 0 spiro atoms. The number of aromatic nitrogens is 3. The van der Waals surface area contributed by atoms with Gasteiger partial charge < -0.3 is 0 Å². The summed E-state index contributed by atoms with van der Waals surface area (Å²) in [4.78, 5) is 11.6. The zero-order chi connectivity index (χ0) is 10.0. The second-order valence-corrected chi connectivity index (χ2v) is 3.86. The Labute approximate surface area is 81.4 Å². The molecule has 0 aliphatic rings. The second-order valence-electron chi connectivity index (χ2n) is 3.09. The quantitative estimate of drug-likeness (QED) is 0.667. The molecule has 0 unspecified atom stereocenters. The lowest BCUT2D eigenvalue weighted by Crippen LogP contribution is -2.26. The SMILES string of the molecule is CSc1nnc(C(C)C)c(=O)n1C. The predicted octanol–water partition coefficient (Wildman–Crippen LogP) is 1.02. The molecular formula is C8H13N3OS. The monoisotopic (exact) mass is 199 g/mol. The highest BCUT2D eigenvalue weighted by Crippen LogP contribution is 2.09. The smallest absolute Gasteiger partial charge is 0.276 e. The third-order valence-corrected chi connectivity index (χ3v) is 2.50. The van der Waals surface area contributed by atoms with Crippen molar-refractivity contribution in [2.45, 2.75) is 24.9 Å². The minimum absolute atomic E-state index is 0.0469. The van der Waals surface area contributed by atoms with Crippen molar-refractivity contribution in [3.05, 3.63) is 16.0 Å². The summed E-state index contributed by atoms with van der Waals surface area (Å²) >= 11 is 1.42. The zero-order valence-electron chi connectivity index (χ0n) is 8.24. The summed E-state index contributed by atoms with van der Waals surface area (Å²) in [5.74, 6) is 0.127. The van der Waals surface area contributed by atoms with E-state index < -0.39 is 0 Å². The molecule has 0 saturated carbocycles. The van der Waals surface area contributed by atoms with Gasteiger partial charge in [-0.3, -0.25) is 9.36 Å². The van der Waals surface area contributed by atoms with Crippen LogP contribution in [-0.2, 0) is 7.05 Å². The van der Waals surface area contributed by atoms with Gasteiger partial charge in [-0.2, -0.15) is 0 Å². The summed E-state index contributed by atoms with van der Waals surface area (Å²) in [6.45, 7) is 3.87. The van der Waals surface area contributed by atoms with Gasteiger partial charge in [-0.05, 0) is 6.26 Å². The molecule has 0 bridgehead atoms. The van der Waals surface area contributed by atoms with Gasteiger partial charge in [-0.25, -0.2) is 0 Å². The fourth-order valence-electron chi connectivity index (χ4n) is 1.01. The molecule has 0 aromatic carbocycles. The van der Waals surface area contributed by atoms with Crippen LogP contribution in [0.3, 0.4) is 0 Å². The predicted molar refractivity (Wildman–Crippen MR) is 53.1 cm³/mol. The van der Waals surface area contributed by atoms with E-state index in [4.69, 9.17) is 0 Å². The van der Waals surface area contributed by atoms with Crippen molar-refractivity contribution < 1.29 is 0 Å². The van der Waals surface area contributed by atoms with Crippen LogP contribution in [0.2, 0.25) is 0 Å². The molecule has 0 atom stereocenters. The van der Waals surface area contributed by atoms with Crippen molar-refractivity contribution in [2.24, 2.45) is 7.05 Å². The van der Waals surface area contributed by atoms with Gasteiger partial charge in [0.15, 0.2) is 5.16 Å². The molecule has 0 fully saturated rings. The highest BCUT2D eigenvalue weighted by Gasteiger charge is 2.10. The van der Waals surface area contributed by atoms with Crippen LogP contribution in [0, 0.1) is 0 Å². The Morgan fingerprint density at radius 2 is 2.00 bits per heavy atom. The van der Waals surface area contributed by atoms with E-state index in [1.165, 1.54) is 16.3 Å². The van der Waals surface area contributed by atoms with Crippen LogP contribution in [0.25, 0.3) is 0 Å². The summed E-state index contributed by atoms with van der Waals surface area (Å²) in [6, 6.07) is 0. The first-order chi connectivity index (χ1) is 6.07. The molecule has 0 aliphatic carbocycles. The van der Waals surface area contributed by atoms with Crippen LogP contribution in [0.5, 0.6) is 0 Å². The van der Waals surface area contributed by atoms with Crippen molar-refractivity contribution in [1.82, 2.24) is 14.8 Å². The van der Waals surface area contributed by atoms with Crippen LogP contribution < -0.4 is 5.56 Å². The van der Waals surface area contributed by atoms with Crippen LogP contribution in [0.4, 0.5) is 0 Å². The first-order valence-electron chi connectivity index (χ1n) is 4.05. The molecule has 1 heterocycles. The van der Waals surface area contributed by atoms with Gasteiger partial charge >= 0.3 is 0 Å². The van der Waals surface area contributed by atoms with Gasteiger partial charge in [-0.1, -0.05) is 25.6 Å². The maximum Gasteiger partial charge on any atom is 0.276 e. The van der Waals surface area contributed by atoms with E-state index in [2.05, 4.69) is 10.2 Å². The molecule has 0 radical (unpaired) electrons. The topological polar surface area (TPSA) is 47.8 Å². The Bertz CT molecular complexity index is 359. The maximum absolute atomic E-state index is 11.6. The van der Waals surface area contributed by atoms with E-state index in [-0.39, 0.29) is 11.5 Å². The molecule has 1 aromatic heterocycles. The van der Waals surface area contributed by atoms with Gasteiger partial charge in [0.05, 0.1) is 0 Å². The number of nitrogens with zero attached hydrogens (tertiary/aromatic N) is 3. The Morgan fingerprint density at radius 1 is 1.38 bits per heavy atom. The van der Waals surface area contributed by atoms with Crippen molar-refractivity contribution in [3.8, 4) is 0 Å². The number of hydrogen-bond acceptors (Lipinski definition) is 4. The van der Waals surface area contributed by atoms with Gasteiger partial charge in [-0.15, -0.1) is 10.2 Å².